The molecule has 0 saturated carbocycles. The molecule has 12 heteroatoms. The van der Waals surface area contributed by atoms with Crippen LogP contribution < -0.4 is 9.62 Å². The Bertz CT molecular complexity index is 1240. The third-order valence-corrected chi connectivity index (χ3v) is 7.44. The summed E-state index contributed by atoms with van der Waals surface area (Å²) in [5.41, 5.74) is -0.0382. The lowest BCUT2D eigenvalue weighted by Gasteiger charge is -2.32. The smallest absolute Gasteiger partial charge is 0.352 e. The average Bonchev–Trinajstić information content (AvgIpc) is 2.80. The van der Waals surface area contributed by atoms with E-state index in [1.165, 1.54) is 11.8 Å². The van der Waals surface area contributed by atoms with Crippen molar-refractivity contribution in [2.75, 3.05) is 17.1 Å². The summed E-state index contributed by atoms with van der Waals surface area (Å²) in [6.07, 6.45) is -3.34. The van der Waals surface area contributed by atoms with E-state index in [1.807, 2.05) is 26.0 Å². The molecule has 2 rings (SSSR count). The molecular formula is C25H31ClF3N3O4S. The third-order valence-electron chi connectivity index (χ3n) is 5.99. The van der Waals surface area contributed by atoms with Crippen molar-refractivity contribution >= 4 is 39.1 Å². The summed E-state index contributed by atoms with van der Waals surface area (Å²) in [6.45, 7) is 6.15. The molecule has 0 radical (unpaired) electrons. The molecule has 0 unspecified atom stereocenters. The number of amides is 2. The molecule has 0 heterocycles. The van der Waals surface area contributed by atoms with Crippen LogP contribution in [0.1, 0.15) is 43.9 Å². The van der Waals surface area contributed by atoms with Gasteiger partial charge in [0.15, 0.2) is 0 Å². The minimum Gasteiger partial charge on any atom is -0.352 e. The van der Waals surface area contributed by atoms with Crippen LogP contribution in [0.25, 0.3) is 0 Å². The molecule has 1 N–H and O–H groups in total. The van der Waals surface area contributed by atoms with Crippen LogP contribution in [0.5, 0.6) is 0 Å². The molecule has 0 aliphatic rings. The Labute approximate surface area is 220 Å². The molecule has 2 amide bonds. The van der Waals surface area contributed by atoms with Crippen molar-refractivity contribution in [3.05, 3.63) is 64.2 Å². The fraction of sp³-hybridized carbons (Fsp3) is 0.440. The van der Waals surface area contributed by atoms with Gasteiger partial charge in [0.05, 0.1) is 22.5 Å². The first-order chi connectivity index (χ1) is 17.1. The lowest BCUT2D eigenvalue weighted by atomic mass is 10.1. The van der Waals surface area contributed by atoms with Crippen LogP contribution in [0, 0.1) is 6.92 Å². The quantitative estimate of drug-likeness (QED) is 0.453. The van der Waals surface area contributed by atoms with Gasteiger partial charge >= 0.3 is 6.18 Å². The summed E-state index contributed by atoms with van der Waals surface area (Å²) in [6, 6.07) is 8.24. The average molecular weight is 562 g/mol. The van der Waals surface area contributed by atoms with E-state index < -0.39 is 51.9 Å². The highest BCUT2D eigenvalue weighted by Gasteiger charge is 2.35. The van der Waals surface area contributed by atoms with Gasteiger partial charge in [-0.25, -0.2) is 8.42 Å². The molecule has 0 aliphatic carbocycles. The Balaban J connectivity index is 2.51. The Morgan fingerprint density at radius 1 is 1.11 bits per heavy atom. The highest BCUT2D eigenvalue weighted by molar-refractivity contribution is 7.92. The molecule has 204 valence electrons. The molecule has 0 aromatic heterocycles. The summed E-state index contributed by atoms with van der Waals surface area (Å²) in [7, 11) is -4.25. The molecule has 0 bridgehead atoms. The SMILES string of the molecule is CC[C@H](C)NC(=O)[C@H](C)N(Cc1ccccc1C)C(=O)CN(c1cc(C(F)(F)F)ccc1Cl)S(C)(=O)=O. The Hall–Kier alpha value is -2.79. The first kappa shape index (κ1) is 30.4. The van der Waals surface area contributed by atoms with E-state index >= 15 is 0 Å². The van der Waals surface area contributed by atoms with Crippen LogP contribution in [0.15, 0.2) is 42.5 Å². The van der Waals surface area contributed by atoms with Crippen molar-refractivity contribution in [2.24, 2.45) is 0 Å². The molecule has 7 nitrogen and oxygen atoms in total. The zero-order valence-electron chi connectivity index (χ0n) is 21.3. The van der Waals surface area contributed by atoms with Crippen molar-refractivity contribution < 1.29 is 31.2 Å². The molecule has 0 spiro atoms. The number of benzene rings is 2. The zero-order chi connectivity index (χ0) is 28.1. The van der Waals surface area contributed by atoms with Crippen LogP contribution in [0.4, 0.5) is 18.9 Å². The van der Waals surface area contributed by atoms with E-state index in [0.717, 1.165) is 29.5 Å². The summed E-state index contributed by atoms with van der Waals surface area (Å²) >= 11 is 6.08. The standard InChI is InChI=1S/C25H31ClF3N3O4S/c1-6-17(3)30-24(34)18(4)31(14-19-10-8-7-9-16(19)2)23(33)15-32(37(5,35)36)22-13-20(25(27,28)29)11-12-21(22)26/h7-13,17-18H,6,14-15H2,1-5H3,(H,30,34)/t17-,18-/m0/s1. The second-order valence-electron chi connectivity index (χ2n) is 8.88. The van der Waals surface area contributed by atoms with Gasteiger partial charge in [-0.2, -0.15) is 13.2 Å². The number of sulfonamides is 1. The number of alkyl halides is 3. The number of hydrogen-bond donors (Lipinski definition) is 1. The number of hydrogen-bond acceptors (Lipinski definition) is 4. The Morgan fingerprint density at radius 2 is 1.73 bits per heavy atom. The highest BCUT2D eigenvalue weighted by atomic mass is 35.5. The van der Waals surface area contributed by atoms with Gasteiger partial charge in [0.25, 0.3) is 0 Å². The minimum absolute atomic E-state index is 0.0193. The van der Waals surface area contributed by atoms with E-state index in [9.17, 15) is 31.2 Å². The molecule has 37 heavy (non-hydrogen) atoms. The van der Waals surface area contributed by atoms with Crippen molar-refractivity contribution in [1.29, 1.82) is 0 Å². The number of carbonyl (C=O) groups is 2. The van der Waals surface area contributed by atoms with Crippen molar-refractivity contribution in [1.82, 2.24) is 10.2 Å². The van der Waals surface area contributed by atoms with E-state index in [1.54, 1.807) is 19.1 Å². The van der Waals surface area contributed by atoms with Gasteiger partial charge in [-0.3, -0.25) is 13.9 Å². The number of nitrogens with zero attached hydrogens (tertiary/aromatic N) is 2. The lowest BCUT2D eigenvalue weighted by molar-refractivity contribution is -0.139. The number of anilines is 1. The minimum atomic E-state index is -4.76. The number of aryl methyl sites for hydroxylation is 1. The van der Waals surface area contributed by atoms with Gasteiger partial charge < -0.3 is 10.2 Å². The van der Waals surface area contributed by atoms with E-state index in [2.05, 4.69) is 5.32 Å². The van der Waals surface area contributed by atoms with E-state index in [-0.39, 0.29) is 17.6 Å². The molecular weight excluding hydrogens is 531 g/mol. The van der Waals surface area contributed by atoms with Gasteiger partial charge in [-0.15, -0.1) is 0 Å². The van der Waals surface area contributed by atoms with Gasteiger partial charge in [0, 0.05) is 12.6 Å². The van der Waals surface area contributed by atoms with E-state index in [4.69, 9.17) is 11.6 Å². The molecule has 2 aromatic rings. The van der Waals surface area contributed by atoms with Gasteiger partial charge in [-0.05, 0) is 56.5 Å². The summed E-state index contributed by atoms with van der Waals surface area (Å²) in [5.74, 6) is -1.23. The zero-order valence-corrected chi connectivity index (χ0v) is 22.8. The molecule has 0 fully saturated rings. The Morgan fingerprint density at radius 3 is 2.27 bits per heavy atom. The van der Waals surface area contributed by atoms with Gasteiger partial charge in [0.1, 0.15) is 12.6 Å². The number of nitrogens with one attached hydrogen (secondary N) is 1. The van der Waals surface area contributed by atoms with Crippen LogP contribution >= 0.6 is 11.6 Å². The maximum Gasteiger partial charge on any atom is 0.416 e. The van der Waals surface area contributed by atoms with Gasteiger partial charge in [0.2, 0.25) is 21.8 Å². The normalized spacial score (nSPS) is 13.5. The molecule has 0 saturated heterocycles. The highest BCUT2D eigenvalue weighted by Crippen LogP contribution is 2.36. The summed E-state index contributed by atoms with van der Waals surface area (Å²) in [4.78, 5) is 27.7. The number of halogens is 4. The van der Waals surface area contributed by atoms with Crippen LogP contribution in [-0.2, 0) is 32.3 Å². The number of rotatable bonds is 10. The monoisotopic (exact) mass is 561 g/mol. The number of carbonyl (C=O) groups excluding carboxylic acids is 2. The molecule has 2 atom stereocenters. The molecule has 2 aromatic carbocycles. The summed E-state index contributed by atoms with van der Waals surface area (Å²) < 4.78 is 65.8. The van der Waals surface area contributed by atoms with Crippen LogP contribution in [-0.4, -0.2) is 50.0 Å². The van der Waals surface area contributed by atoms with Crippen LogP contribution in [0.3, 0.4) is 0 Å². The topological polar surface area (TPSA) is 86.8 Å². The van der Waals surface area contributed by atoms with E-state index in [0.29, 0.717) is 16.8 Å². The second kappa shape index (κ2) is 12.2. The first-order valence-corrected chi connectivity index (χ1v) is 13.8. The molecule has 0 aliphatic heterocycles. The lowest BCUT2D eigenvalue weighted by Crippen LogP contribution is -2.52. The maximum atomic E-state index is 13.6. The van der Waals surface area contributed by atoms with Crippen molar-refractivity contribution in [3.8, 4) is 0 Å². The third kappa shape index (κ3) is 8.10. The fourth-order valence-corrected chi connectivity index (χ4v) is 4.62. The van der Waals surface area contributed by atoms with Crippen molar-refractivity contribution in [3.63, 3.8) is 0 Å². The van der Waals surface area contributed by atoms with Crippen molar-refractivity contribution in [2.45, 2.75) is 58.9 Å². The first-order valence-electron chi connectivity index (χ1n) is 11.5. The maximum absolute atomic E-state index is 13.6. The van der Waals surface area contributed by atoms with Crippen LogP contribution in [0.2, 0.25) is 5.02 Å². The summed E-state index contributed by atoms with van der Waals surface area (Å²) in [5, 5.41) is 2.52. The fourth-order valence-electron chi connectivity index (χ4n) is 3.49. The van der Waals surface area contributed by atoms with Gasteiger partial charge in [-0.1, -0.05) is 42.8 Å². The predicted molar refractivity (Wildman–Crippen MR) is 138 cm³/mol. The Kier molecular flexibility index (Phi) is 10.0. The largest absolute Gasteiger partial charge is 0.416 e. The predicted octanol–water partition coefficient (Wildman–Crippen LogP) is 4.77. The second-order valence-corrected chi connectivity index (χ2v) is 11.2.